The van der Waals surface area contributed by atoms with Crippen LogP contribution in [0.1, 0.15) is 26.2 Å². The summed E-state index contributed by atoms with van der Waals surface area (Å²) in [4.78, 5) is 23.8. The van der Waals surface area contributed by atoms with Gasteiger partial charge in [-0.15, -0.1) is 0 Å². The molecule has 1 fully saturated rings. The van der Waals surface area contributed by atoms with Gasteiger partial charge >= 0.3 is 0 Å². The first-order valence-electron chi connectivity index (χ1n) is 10.6. The largest absolute Gasteiger partial charge is 0.490 e. The summed E-state index contributed by atoms with van der Waals surface area (Å²) in [5, 5.41) is 0. The topological polar surface area (TPSA) is 94.4 Å². The number of anilines is 1. The smallest absolute Gasteiger partial charge is 0.258 e. The molecule has 0 unspecified atom stereocenters. The van der Waals surface area contributed by atoms with Crippen molar-refractivity contribution in [2.75, 3.05) is 17.7 Å². The zero-order valence-corrected chi connectivity index (χ0v) is 18.9. The maximum absolute atomic E-state index is 12.7. The molecule has 1 saturated heterocycles. The van der Waals surface area contributed by atoms with Gasteiger partial charge in [-0.25, -0.2) is 18.4 Å². The van der Waals surface area contributed by atoms with E-state index in [0.29, 0.717) is 11.4 Å². The van der Waals surface area contributed by atoms with E-state index in [-0.39, 0.29) is 22.6 Å². The number of sulfone groups is 1. The van der Waals surface area contributed by atoms with Gasteiger partial charge in [-0.2, -0.15) is 0 Å². The first-order chi connectivity index (χ1) is 15.3. The van der Waals surface area contributed by atoms with Gasteiger partial charge < -0.3 is 9.64 Å². The molecule has 8 nitrogen and oxygen atoms in total. The normalized spacial score (nSPS) is 19.0. The zero-order valence-electron chi connectivity index (χ0n) is 18.1. The second-order valence-electron chi connectivity index (χ2n) is 7.91. The van der Waals surface area contributed by atoms with E-state index in [2.05, 4.69) is 21.8 Å². The molecule has 2 aromatic heterocycles. The summed E-state index contributed by atoms with van der Waals surface area (Å²) in [5.74, 6) is 1.27. The Morgan fingerprint density at radius 1 is 1.12 bits per heavy atom. The number of nitrogens with zero attached hydrogens (tertiary/aromatic N) is 4. The van der Waals surface area contributed by atoms with Crippen molar-refractivity contribution >= 4 is 15.8 Å². The van der Waals surface area contributed by atoms with Gasteiger partial charge in [0.1, 0.15) is 11.9 Å². The minimum Gasteiger partial charge on any atom is -0.490 e. The molecule has 0 N–H and O–H groups in total. The van der Waals surface area contributed by atoms with Crippen LogP contribution in [0.25, 0.3) is 5.69 Å². The lowest BCUT2D eigenvalue weighted by Gasteiger charge is -2.39. The van der Waals surface area contributed by atoms with Gasteiger partial charge in [0.2, 0.25) is 5.95 Å². The minimum atomic E-state index is -3.28. The maximum atomic E-state index is 12.7. The van der Waals surface area contributed by atoms with E-state index in [4.69, 9.17) is 4.74 Å². The van der Waals surface area contributed by atoms with Crippen LogP contribution in [-0.2, 0) is 9.84 Å². The summed E-state index contributed by atoms with van der Waals surface area (Å²) in [6, 6.07) is 11.5. The highest BCUT2D eigenvalue weighted by Crippen LogP contribution is 2.26. The first kappa shape index (κ1) is 22.0. The molecule has 3 aromatic rings. The number of benzene rings is 1. The summed E-state index contributed by atoms with van der Waals surface area (Å²) < 4.78 is 30.9. The average molecular weight is 455 g/mol. The van der Waals surface area contributed by atoms with Gasteiger partial charge in [-0.3, -0.25) is 9.36 Å². The lowest BCUT2D eigenvalue weighted by molar-refractivity contribution is 0.150. The van der Waals surface area contributed by atoms with Crippen LogP contribution in [0.4, 0.5) is 5.95 Å². The lowest BCUT2D eigenvalue weighted by Crippen LogP contribution is -2.46. The number of hydrogen-bond acceptors (Lipinski definition) is 7. The molecule has 0 radical (unpaired) electrons. The fourth-order valence-corrected chi connectivity index (χ4v) is 4.64. The fraction of sp³-hybridized carbons (Fsp3) is 0.348. The van der Waals surface area contributed by atoms with Crippen LogP contribution < -0.4 is 15.2 Å². The first-order valence-corrected chi connectivity index (χ1v) is 12.5. The molecule has 1 aliphatic heterocycles. The van der Waals surface area contributed by atoms with Crippen molar-refractivity contribution in [1.29, 1.82) is 0 Å². The number of ether oxygens (including phenoxy) is 1. The predicted octanol–water partition coefficient (Wildman–Crippen LogP) is 2.86. The van der Waals surface area contributed by atoms with Crippen molar-refractivity contribution in [2.45, 2.75) is 43.2 Å². The van der Waals surface area contributed by atoms with Crippen LogP contribution in [-0.4, -0.2) is 47.9 Å². The molecule has 168 valence electrons. The lowest BCUT2D eigenvalue weighted by atomic mass is 9.97. The number of piperidine rings is 1. The molecular formula is C23H26N4O4S. The van der Waals surface area contributed by atoms with Crippen molar-refractivity contribution in [1.82, 2.24) is 14.5 Å². The van der Waals surface area contributed by atoms with E-state index in [1.54, 1.807) is 36.8 Å². The Hall–Kier alpha value is -3.20. The minimum absolute atomic E-state index is 0.00389. The van der Waals surface area contributed by atoms with Crippen molar-refractivity contribution in [3.05, 3.63) is 71.4 Å². The third kappa shape index (κ3) is 4.83. The number of aromatic nitrogens is 3. The molecule has 0 aliphatic carbocycles. The van der Waals surface area contributed by atoms with E-state index < -0.39 is 9.84 Å². The molecule has 0 saturated carbocycles. The van der Waals surface area contributed by atoms with Gasteiger partial charge in [0.05, 0.1) is 4.90 Å². The maximum Gasteiger partial charge on any atom is 0.258 e. The Morgan fingerprint density at radius 3 is 2.47 bits per heavy atom. The molecule has 9 heteroatoms. The van der Waals surface area contributed by atoms with Gasteiger partial charge in [0, 0.05) is 62.0 Å². The summed E-state index contributed by atoms with van der Waals surface area (Å²) in [5.41, 5.74) is 0.355. The zero-order chi connectivity index (χ0) is 22.7. The monoisotopic (exact) mass is 454 g/mol. The molecule has 0 amide bonds. The molecule has 1 aromatic carbocycles. The Kier molecular flexibility index (Phi) is 6.27. The molecule has 2 atom stereocenters. The standard InChI is InChI=1S/C23H26N4O4S/c1-3-17-15-19(10-14-27(17)23-24-11-4-12-25-23)31-20-9-13-26(22(28)16-20)18-5-7-21(8-6-18)32(2,29)30/h4-9,11-13,16-17,19H,3,10,14-15H2,1-2H3/t17-,19-/m1/s1. The van der Waals surface area contributed by atoms with Crippen LogP contribution in [0.15, 0.2) is 70.7 Å². The second-order valence-corrected chi connectivity index (χ2v) is 9.92. The van der Waals surface area contributed by atoms with Gasteiger partial charge in [0.25, 0.3) is 5.56 Å². The summed E-state index contributed by atoms with van der Waals surface area (Å²) in [6.45, 7) is 2.93. The quantitative estimate of drug-likeness (QED) is 0.565. The van der Waals surface area contributed by atoms with Crippen molar-refractivity contribution in [2.24, 2.45) is 0 Å². The molecule has 1 aliphatic rings. The van der Waals surface area contributed by atoms with Crippen molar-refractivity contribution in [3.63, 3.8) is 0 Å². The molecule has 4 rings (SSSR count). The summed E-state index contributed by atoms with van der Waals surface area (Å²) >= 11 is 0. The Morgan fingerprint density at radius 2 is 1.84 bits per heavy atom. The molecule has 3 heterocycles. The van der Waals surface area contributed by atoms with Gasteiger partial charge in [-0.05, 0) is 42.8 Å². The third-order valence-electron chi connectivity index (χ3n) is 5.68. The molecule has 0 bridgehead atoms. The van der Waals surface area contributed by atoms with Crippen LogP contribution in [0.2, 0.25) is 0 Å². The summed E-state index contributed by atoms with van der Waals surface area (Å²) in [6.07, 6.45) is 8.89. The van der Waals surface area contributed by atoms with Gasteiger partial charge in [0.15, 0.2) is 9.84 Å². The average Bonchev–Trinajstić information content (AvgIpc) is 2.79. The Bertz CT molecular complexity index is 1230. The van der Waals surface area contributed by atoms with Crippen LogP contribution >= 0.6 is 0 Å². The van der Waals surface area contributed by atoms with Crippen molar-refractivity contribution < 1.29 is 13.2 Å². The van der Waals surface area contributed by atoms with Crippen LogP contribution in [0, 0.1) is 0 Å². The number of rotatable bonds is 6. The van der Waals surface area contributed by atoms with E-state index in [9.17, 15) is 13.2 Å². The fourth-order valence-electron chi connectivity index (χ4n) is 4.00. The molecular weight excluding hydrogens is 428 g/mol. The van der Waals surface area contributed by atoms with E-state index in [0.717, 1.165) is 38.0 Å². The molecule has 0 spiro atoms. The highest BCUT2D eigenvalue weighted by atomic mass is 32.2. The number of pyridine rings is 1. The van der Waals surface area contributed by atoms with Crippen molar-refractivity contribution in [3.8, 4) is 11.4 Å². The highest BCUT2D eigenvalue weighted by molar-refractivity contribution is 7.90. The second kappa shape index (κ2) is 9.12. The highest BCUT2D eigenvalue weighted by Gasteiger charge is 2.30. The van der Waals surface area contributed by atoms with Gasteiger partial charge in [-0.1, -0.05) is 6.92 Å². The molecule has 32 heavy (non-hydrogen) atoms. The van der Waals surface area contributed by atoms with E-state index >= 15 is 0 Å². The van der Waals surface area contributed by atoms with E-state index in [1.807, 2.05) is 6.07 Å². The number of hydrogen-bond donors (Lipinski definition) is 0. The third-order valence-corrected chi connectivity index (χ3v) is 6.81. The van der Waals surface area contributed by atoms with E-state index in [1.165, 1.54) is 22.8 Å². The Balaban J connectivity index is 1.46. The summed E-state index contributed by atoms with van der Waals surface area (Å²) in [7, 11) is -3.28. The Labute approximate surface area is 187 Å². The van der Waals surface area contributed by atoms with Crippen LogP contribution in [0.5, 0.6) is 5.75 Å². The predicted molar refractivity (Wildman–Crippen MR) is 122 cm³/mol. The SMILES string of the molecule is CC[C@@H]1C[C@H](Oc2ccn(-c3ccc(S(C)(=O)=O)cc3)c(=O)c2)CCN1c1ncccn1. The van der Waals surface area contributed by atoms with Crippen LogP contribution in [0.3, 0.4) is 0 Å².